The zero-order valence-electron chi connectivity index (χ0n) is 18.6. The van der Waals surface area contributed by atoms with Gasteiger partial charge in [0, 0.05) is 35.3 Å². The summed E-state index contributed by atoms with van der Waals surface area (Å²) in [5.74, 6) is -3.04. The summed E-state index contributed by atoms with van der Waals surface area (Å²) >= 11 is 0.990. The van der Waals surface area contributed by atoms with Crippen LogP contribution in [0.1, 0.15) is 31.9 Å². The SMILES string of the molecule is CN(Cc1cccc(F)c1CNc1cc(F)c(S(=O)(=O)Nc2ccsn2)c(F)c1)C(C)(C)C. The molecule has 0 aliphatic carbocycles. The quantitative estimate of drug-likeness (QED) is 0.446. The van der Waals surface area contributed by atoms with Gasteiger partial charge < -0.3 is 5.32 Å². The first-order valence-corrected chi connectivity index (χ1v) is 12.3. The molecule has 3 aromatic rings. The molecule has 0 saturated heterocycles. The summed E-state index contributed by atoms with van der Waals surface area (Å²) < 4.78 is 74.4. The molecule has 33 heavy (non-hydrogen) atoms. The third-order valence-corrected chi connectivity index (χ3v) is 7.15. The van der Waals surface area contributed by atoms with E-state index < -0.39 is 32.4 Å². The Bertz CT molecular complexity index is 1200. The van der Waals surface area contributed by atoms with Gasteiger partial charge in [-0.3, -0.25) is 9.62 Å². The number of aromatic nitrogens is 1. The molecule has 0 aliphatic heterocycles. The molecule has 0 radical (unpaired) electrons. The van der Waals surface area contributed by atoms with Crippen molar-refractivity contribution in [2.45, 2.75) is 44.3 Å². The molecule has 2 aromatic carbocycles. The second-order valence-electron chi connectivity index (χ2n) is 8.52. The minimum Gasteiger partial charge on any atom is -0.381 e. The van der Waals surface area contributed by atoms with Crippen LogP contribution in [0.4, 0.5) is 24.7 Å². The van der Waals surface area contributed by atoms with E-state index in [1.807, 2.05) is 32.5 Å². The molecule has 0 saturated carbocycles. The van der Waals surface area contributed by atoms with E-state index in [9.17, 15) is 21.6 Å². The second-order valence-corrected chi connectivity index (χ2v) is 10.8. The van der Waals surface area contributed by atoms with Gasteiger partial charge >= 0.3 is 0 Å². The highest BCUT2D eigenvalue weighted by atomic mass is 32.2. The monoisotopic (exact) mass is 498 g/mol. The largest absolute Gasteiger partial charge is 0.381 e. The molecule has 1 heterocycles. The fourth-order valence-corrected chi connectivity index (χ4v) is 4.66. The maximum Gasteiger partial charge on any atom is 0.268 e. The van der Waals surface area contributed by atoms with Crippen molar-refractivity contribution >= 4 is 33.1 Å². The average molecular weight is 499 g/mol. The molecule has 0 amide bonds. The van der Waals surface area contributed by atoms with Gasteiger partial charge in [-0.25, -0.2) is 21.6 Å². The van der Waals surface area contributed by atoms with Crippen LogP contribution in [0.25, 0.3) is 0 Å². The topological polar surface area (TPSA) is 74.3 Å². The van der Waals surface area contributed by atoms with E-state index in [-0.39, 0.29) is 23.6 Å². The zero-order valence-corrected chi connectivity index (χ0v) is 20.2. The number of sulfonamides is 1. The van der Waals surface area contributed by atoms with Crippen molar-refractivity contribution in [1.29, 1.82) is 0 Å². The van der Waals surface area contributed by atoms with Gasteiger partial charge in [0.25, 0.3) is 10.0 Å². The third kappa shape index (κ3) is 6.04. The Morgan fingerprint density at radius 3 is 2.30 bits per heavy atom. The highest BCUT2D eigenvalue weighted by Gasteiger charge is 2.26. The molecule has 1 aromatic heterocycles. The van der Waals surface area contributed by atoms with Gasteiger partial charge in [-0.1, -0.05) is 12.1 Å². The first-order valence-electron chi connectivity index (χ1n) is 10.0. The lowest BCUT2D eigenvalue weighted by Gasteiger charge is -2.32. The predicted octanol–water partition coefficient (Wildman–Crippen LogP) is 5.20. The number of rotatable bonds is 8. The Kier molecular flexibility index (Phi) is 7.35. The zero-order chi connectivity index (χ0) is 24.4. The Labute approximate surface area is 195 Å². The van der Waals surface area contributed by atoms with Gasteiger partial charge in [0.2, 0.25) is 0 Å². The predicted molar refractivity (Wildman–Crippen MR) is 124 cm³/mol. The molecular formula is C22H25F3N4O2S2. The average Bonchev–Trinajstić information content (AvgIpc) is 3.18. The third-order valence-electron chi connectivity index (χ3n) is 5.18. The van der Waals surface area contributed by atoms with Gasteiger partial charge in [0.15, 0.2) is 10.7 Å². The van der Waals surface area contributed by atoms with Crippen LogP contribution in [0.15, 0.2) is 46.7 Å². The molecule has 0 spiro atoms. The highest BCUT2D eigenvalue weighted by Crippen LogP contribution is 2.27. The summed E-state index contributed by atoms with van der Waals surface area (Å²) in [4.78, 5) is 0.944. The van der Waals surface area contributed by atoms with E-state index in [1.54, 1.807) is 12.1 Å². The summed E-state index contributed by atoms with van der Waals surface area (Å²) in [6.45, 7) is 6.54. The normalized spacial score (nSPS) is 12.2. The van der Waals surface area contributed by atoms with Gasteiger partial charge in [0.1, 0.15) is 17.5 Å². The molecule has 3 rings (SSSR count). The molecule has 0 atom stereocenters. The lowest BCUT2D eigenvalue weighted by Crippen LogP contribution is -2.37. The fraction of sp³-hybridized carbons (Fsp3) is 0.318. The van der Waals surface area contributed by atoms with Gasteiger partial charge in [-0.2, -0.15) is 4.37 Å². The first kappa shape index (κ1) is 25.0. The van der Waals surface area contributed by atoms with Crippen molar-refractivity contribution in [2.75, 3.05) is 17.1 Å². The molecule has 178 valence electrons. The Balaban J connectivity index is 1.82. The van der Waals surface area contributed by atoms with Gasteiger partial charge in [-0.05, 0) is 69.2 Å². The Morgan fingerprint density at radius 2 is 1.73 bits per heavy atom. The van der Waals surface area contributed by atoms with Crippen LogP contribution < -0.4 is 10.0 Å². The van der Waals surface area contributed by atoms with Crippen LogP contribution in [0.3, 0.4) is 0 Å². The molecule has 6 nitrogen and oxygen atoms in total. The number of benzene rings is 2. The lowest BCUT2D eigenvalue weighted by molar-refractivity contribution is 0.167. The van der Waals surface area contributed by atoms with Crippen LogP contribution in [-0.4, -0.2) is 30.3 Å². The van der Waals surface area contributed by atoms with Crippen LogP contribution in [0, 0.1) is 17.5 Å². The maximum absolute atomic E-state index is 14.6. The van der Waals surface area contributed by atoms with E-state index in [0.29, 0.717) is 12.1 Å². The van der Waals surface area contributed by atoms with Gasteiger partial charge in [0.05, 0.1) is 0 Å². The second kappa shape index (κ2) is 9.70. The number of hydrogen-bond acceptors (Lipinski definition) is 6. The van der Waals surface area contributed by atoms with E-state index in [2.05, 4.69) is 14.6 Å². The van der Waals surface area contributed by atoms with E-state index >= 15 is 0 Å². The smallest absolute Gasteiger partial charge is 0.268 e. The van der Waals surface area contributed by atoms with Crippen molar-refractivity contribution in [2.24, 2.45) is 0 Å². The summed E-state index contributed by atoms with van der Waals surface area (Å²) in [5, 5.41) is 4.32. The number of hydrogen-bond donors (Lipinski definition) is 2. The molecule has 0 unspecified atom stereocenters. The molecule has 0 aliphatic rings. The first-order chi connectivity index (χ1) is 15.4. The van der Waals surface area contributed by atoms with Crippen molar-refractivity contribution in [3.05, 3.63) is 70.4 Å². The highest BCUT2D eigenvalue weighted by molar-refractivity contribution is 7.92. The summed E-state index contributed by atoms with van der Waals surface area (Å²) in [6, 6.07) is 7.82. The van der Waals surface area contributed by atoms with Crippen LogP contribution in [-0.2, 0) is 23.1 Å². The summed E-state index contributed by atoms with van der Waals surface area (Å²) in [7, 11) is -2.60. The van der Waals surface area contributed by atoms with E-state index in [0.717, 1.165) is 29.2 Å². The molecule has 0 bridgehead atoms. The summed E-state index contributed by atoms with van der Waals surface area (Å²) in [6.07, 6.45) is 0. The molecule has 0 fully saturated rings. The number of nitrogens with zero attached hydrogens (tertiary/aromatic N) is 2. The molecule has 11 heteroatoms. The van der Waals surface area contributed by atoms with Crippen molar-refractivity contribution in [3.8, 4) is 0 Å². The minimum atomic E-state index is -4.52. The van der Waals surface area contributed by atoms with E-state index in [1.165, 1.54) is 17.5 Å². The van der Waals surface area contributed by atoms with Gasteiger partial charge in [-0.15, -0.1) is 0 Å². The van der Waals surface area contributed by atoms with Crippen LogP contribution in [0.2, 0.25) is 0 Å². The standard InChI is InChI=1S/C22H25F3N4O2S2/c1-22(2,3)29(4)13-14-6-5-7-17(23)16(14)12-26-15-10-18(24)21(19(25)11-15)33(30,31)28-20-8-9-32-27-20/h5-11,26H,12-13H2,1-4H3,(H,27,28). The Morgan fingerprint density at radius 1 is 1.06 bits per heavy atom. The minimum absolute atomic E-state index is 0.0176. The number of halogens is 3. The van der Waals surface area contributed by atoms with Crippen LogP contribution in [0.5, 0.6) is 0 Å². The maximum atomic E-state index is 14.6. The van der Waals surface area contributed by atoms with Crippen LogP contribution >= 0.6 is 11.5 Å². The number of nitrogens with one attached hydrogen (secondary N) is 2. The number of anilines is 2. The lowest BCUT2D eigenvalue weighted by atomic mass is 10.0. The summed E-state index contributed by atoms with van der Waals surface area (Å²) in [5.41, 5.74) is 0.928. The van der Waals surface area contributed by atoms with Crippen molar-refractivity contribution < 1.29 is 21.6 Å². The Hall–Kier alpha value is -2.63. The molecule has 2 N–H and O–H groups in total. The fourth-order valence-electron chi connectivity index (χ4n) is 3.01. The molecular weight excluding hydrogens is 473 g/mol. The van der Waals surface area contributed by atoms with E-state index in [4.69, 9.17) is 0 Å². The van der Waals surface area contributed by atoms with Crippen molar-refractivity contribution in [3.63, 3.8) is 0 Å². The van der Waals surface area contributed by atoms with Crippen molar-refractivity contribution in [1.82, 2.24) is 9.27 Å².